The number of nitrogens with zero attached hydrogens (tertiary/aromatic N) is 1. The van der Waals surface area contributed by atoms with E-state index in [0.29, 0.717) is 5.41 Å². The van der Waals surface area contributed by atoms with E-state index in [4.69, 9.17) is 0 Å². The van der Waals surface area contributed by atoms with Crippen LogP contribution in [-0.2, 0) is 6.42 Å². The van der Waals surface area contributed by atoms with Gasteiger partial charge in [0, 0.05) is 30.6 Å². The molecule has 0 bridgehead atoms. The first-order chi connectivity index (χ1) is 6.47. The number of rotatable bonds is 4. The fourth-order valence-corrected chi connectivity index (χ4v) is 1.96. The predicted octanol–water partition coefficient (Wildman–Crippen LogP) is 2.63. The van der Waals surface area contributed by atoms with Gasteiger partial charge in [0.15, 0.2) is 0 Å². The summed E-state index contributed by atoms with van der Waals surface area (Å²) in [5, 5.41) is 4.69. The van der Waals surface area contributed by atoms with Crippen LogP contribution in [0.5, 0.6) is 0 Å². The zero-order valence-electron chi connectivity index (χ0n) is 9.55. The van der Waals surface area contributed by atoms with Gasteiger partial charge in [-0.2, -0.15) is 0 Å². The zero-order chi connectivity index (χ0) is 10.6. The maximum Gasteiger partial charge on any atom is 0.0940 e. The van der Waals surface area contributed by atoms with Crippen LogP contribution < -0.4 is 5.32 Å². The fourth-order valence-electron chi connectivity index (χ4n) is 1.18. The van der Waals surface area contributed by atoms with E-state index in [1.165, 1.54) is 9.88 Å². The molecule has 1 aromatic heterocycles. The number of hydrogen-bond donors (Lipinski definition) is 1. The summed E-state index contributed by atoms with van der Waals surface area (Å²) in [7, 11) is 0. The minimum Gasteiger partial charge on any atom is -0.316 e. The summed E-state index contributed by atoms with van der Waals surface area (Å²) in [4.78, 5) is 5.63. The van der Waals surface area contributed by atoms with E-state index in [2.05, 4.69) is 38.0 Å². The van der Waals surface area contributed by atoms with Gasteiger partial charge in [0.2, 0.25) is 0 Å². The molecular weight excluding hydrogens is 192 g/mol. The van der Waals surface area contributed by atoms with Gasteiger partial charge >= 0.3 is 0 Å². The standard InChI is InChI=1S/C11H20N2S/c1-9-7-13-10(14-9)5-6-12-8-11(2,3)4/h7,12H,5-6,8H2,1-4H3. The van der Waals surface area contributed by atoms with Crippen molar-refractivity contribution in [1.29, 1.82) is 0 Å². The Hall–Kier alpha value is -0.410. The summed E-state index contributed by atoms with van der Waals surface area (Å²) >= 11 is 1.79. The Labute approximate surface area is 90.8 Å². The highest BCUT2D eigenvalue weighted by molar-refractivity contribution is 7.11. The zero-order valence-corrected chi connectivity index (χ0v) is 10.4. The topological polar surface area (TPSA) is 24.9 Å². The summed E-state index contributed by atoms with van der Waals surface area (Å²) in [5.74, 6) is 0. The van der Waals surface area contributed by atoms with E-state index in [1.807, 2.05) is 6.20 Å². The lowest BCUT2D eigenvalue weighted by molar-refractivity contribution is 0.381. The summed E-state index contributed by atoms with van der Waals surface area (Å²) in [6, 6.07) is 0. The van der Waals surface area contributed by atoms with Gasteiger partial charge < -0.3 is 5.32 Å². The van der Waals surface area contributed by atoms with Gasteiger partial charge in [-0.1, -0.05) is 20.8 Å². The number of aromatic nitrogens is 1. The Morgan fingerprint density at radius 3 is 2.64 bits per heavy atom. The Balaban J connectivity index is 2.16. The van der Waals surface area contributed by atoms with Gasteiger partial charge in [-0.25, -0.2) is 4.98 Å². The van der Waals surface area contributed by atoms with Crippen LogP contribution in [0.1, 0.15) is 30.7 Å². The Morgan fingerprint density at radius 2 is 2.14 bits per heavy atom. The van der Waals surface area contributed by atoms with Gasteiger partial charge in [0.05, 0.1) is 5.01 Å². The molecule has 1 heterocycles. The summed E-state index contributed by atoms with van der Waals surface area (Å²) in [6.45, 7) is 10.9. The highest BCUT2D eigenvalue weighted by Crippen LogP contribution is 2.12. The molecule has 0 spiro atoms. The monoisotopic (exact) mass is 212 g/mol. The van der Waals surface area contributed by atoms with Crippen molar-refractivity contribution in [2.45, 2.75) is 34.1 Å². The third kappa shape index (κ3) is 4.72. The molecule has 0 amide bonds. The molecule has 0 atom stereocenters. The Bertz CT molecular complexity index is 273. The quantitative estimate of drug-likeness (QED) is 0.776. The molecule has 0 aliphatic heterocycles. The molecule has 0 saturated carbocycles. The largest absolute Gasteiger partial charge is 0.316 e. The second-order valence-electron chi connectivity index (χ2n) is 4.85. The smallest absolute Gasteiger partial charge is 0.0940 e. The minimum absolute atomic E-state index is 0.374. The SMILES string of the molecule is Cc1cnc(CCNCC(C)(C)C)s1. The van der Waals surface area contributed by atoms with Gasteiger partial charge in [-0.15, -0.1) is 11.3 Å². The van der Waals surface area contributed by atoms with Crippen LogP contribution in [0.25, 0.3) is 0 Å². The van der Waals surface area contributed by atoms with E-state index in [0.717, 1.165) is 19.5 Å². The number of thiazole rings is 1. The lowest BCUT2D eigenvalue weighted by Crippen LogP contribution is -2.28. The van der Waals surface area contributed by atoms with Crippen LogP contribution in [0.4, 0.5) is 0 Å². The van der Waals surface area contributed by atoms with Crippen molar-refractivity contribution in [3.63, 3.8) is 0 Å². The highest BCUT2D eigenvalue weighted by Gasteiger charge is 2.08. The molecule has 0 unspecified atom stereocenters. The first-order valence-electron chi connectivity index (χ1n) is 5.09. The van der Waals surface area contributed by atoms with Crippen molar-refractivity contribution in [1.82, 2.24) is 10.3 Å². The third-order valence-corrected chi connectivity index (χ3v) is 2.81. The molecular formula is C11H20N2S. The third-order valence-electron chi connectivity index (χ3n) is 1.84. The van der Waals surface area contributed by atoms with Gasteiger partial charge in [0.1, 0.15) is 0 Å². The molecule has 3 heteroatoms. The maximum atomic E-state index is 4.33. The normalized spacial score (nSPS) is 12.0. The number of aryl methyl sites for hydroxylation is 1. The van der Waals surface area contributed by atoms with Crippen LogP contribution >= 0.6 is 11.3 Å². The van der Waals surface area contributed by atoms with Crippen LogP contribution in [0.2, 0.25) is 0 Å². The van der Waals surface area contributed by atoms with Crippen LogP contribution in [0, 0.1) is 12.3 Å². The first kappa shape index (κ1) is 11.7. The summed E-state index contributed by atoms with van der Waals surface area (Å²) < 4.78 is 0. The molecule has 0 aliphatic rings. The molecule has 1 N–H and O–H groups in total. The number of nitrogens with one attached hydrogen (secondary N) is 1. The van der Waals surface area contributed by atoms with Crippen LogP contribution in [-0.4, -0.2) is 18.1 Å². The number of hydrogen-bond acceptors (Lipinski definition) is 3. The van der Waals surface area contributed by atoms with Crippen LogP contribution in [0.3, 0.4) is 0 Å². The predicted molar refractivity (Wildman–Crippen MR) is 62.9 cm³/mol. The van der Waals surface area contributed by atoms with E-state index in [-0.39, 0.29) is 0 Å². The molecule has 1 aromatic rings. The van der Waals surface area contributed by atoms with E-state index >= 15 is 0 Å². The van der Waals surface area contributed by atoms with Gasteiger partial charge in [0.25, 0.3) is 0 Å². The molecule has 14 heavy (non-hydrogen) atoms. The second-order valence-corrected chi connectivity index (χ2v) is 6.17. The van der Waals surface area contributed by atoms with Crippen LogP contribution in [0.15, 0.2) is 6.20 Å². The maximum absolute atomic E-state index is 4.33. The van der Waals surface area contributed by atoms with Gasteiger partial charge in [-0.3, -0.25) is 0 Å². The van der Waals surface area contributed by atoms with Crippen molar-refractivity contribution in [2.24, 2.45) is 5.41 Å². The molecule has 0 radical (unpaired) electrons. The van der Waals surface area contributed by atoms with Crippen molar-refractivity contribution in [3.8, 4) is 0 Å². The van der Waals surface area contributed by atoms with E-state index in [1.54, 1.807) is 11.3 Å². The van der Waals surface area contributed by atoms with Crippen molar-refractivity contribution in [3.05, 3.63) is 16.1 Å². The molecule has 0 aromatic carbocycles. The van der Waals surface area contributed by atoms with Crippen molar-refractivity contribution < 1.29 is 0 Å². The molecule has 0 fully saturated rings. The Morgan fingerprint density at radius 1 is 1.43 bits per heavy atom. The van der Waals surface area contributed by atoms with E-state index in [9.17, 15) is 0 Å². The average Bonchev–Trinajstić information content (AvgIpc) is 2.44. The first-order valence-corrected chi connectivity index (χ1v) is 5.91. The molecule has 0 aliphatic carbocycles. The van der Waals surface area contributed by atoms with E-state index < -0.39 is 0 Å². The highest BCUT2D eigenvalue weighted by atomic mass is 32.1. The van der Waals surface area contributed by atoms with Gasteiger partial charge in [-0.05, 0) is 12.3 Å². The molecule has 0 saturated heterocycles. The Kier molecular flexibility index (Phi) is 4.08. The summed E-state index contributed by atoms with van der Waals surface area (Å²) in [6.07, 6.45) is 3.00. The van der Waals surface area contributed by atoms with Crippen molar-refractivity contribution >= 4 is 11.3 Å². The lowest BCUT2D eigenvalue weighted by atomic mass is 9.97. The average molecular weight is 212 g/mol. The second kappa shape index (κ2) is 4.89. The van der Waals surface area contributed by atoms with Crippen molar-refractivity contribution in [2.75, 3.05) is 13.1 Å². The minimum atomic E-state index is 0.374. The molecule has 80 valence electrons. The molecule has 2 nitrogen and oxygen atoms in total. The fraction of sp³-hybridized carbons (Fsp3) is 0.727. The lowest BCUT2D eigenvalue weighted by Gasteiger charge is -2.18. The molecule has 1 rings (SSSR count). The summed E-state index contributed by atoms with van der Waals surface area (Å²) in [5.41, 5.74) is 0.374.